The zero-order valence-corrected chi connectivity index (χ0v) is 13.1. The van der Waals surface area contributed by atoms with Crippen LogP contribution in [0.5, 0.6) is 0 Å². The van der Waals surface area contributed by atoms with E-state index in [0.29, 0.717) is 4.90 Å². The Morgan fingerprint density at radius 3 is 2.08 bits per heavy atom. The summed E-state index contributed by atoms with van der Waals surface area (Å²) in [5.74, 6) is -9.69. The fraction of sp³-hybridized carbons (Fsp3) is 0.867. The van der Waals surface area contributed by atoms with Crippen LogP contribution in [-0.2, 0) is 9.59 Å². The summed E-state index contributed by atoms with van der Waals surface area (Å²) in [5.41, 5.74) is -4.33. The number of carbonyl (C=O) groups excluding carboxylic acids is 2. The van der Waals surface area contributed by atoms with Crippen molar-refractivity contribution in [2.75, 3.05) is 6.54 Å². The van der Waals surface area contributed by atoms with Crippen molar-refractivity contribution in [1.82, 2.24) is 10.2 Å². The maximum absolute atomic E-state index is 14.0. The van der Waals surface area contributed by atoms with Crippen LogP contribution in [0, 0.1) is 0 Å². The van der Waals surface area contributed by atoms with E-state index in [1.807, 2.05) is 0 Å². The van der Waals surface area contributed by atoms with Crippen molar-refractivity contribution < 1.29 is 36.6 Å². The minimum atomic E-state index is -3.78. The number of aliphatic hydroxyl groups excluding tert-OH is 1. The Hall–Kier alpha value is -1.45. The summed E-state index contributed by atoms with van der Waals surface area (Å²) in [7, 11) is 0. The summed E-state index contributed by atoms with van der Waals surface area (Å²) in [4.78, 5) is 24.9. The standard InChI is InChI=1S/C15H17F5N2O3/c16-11-3-12(4-11,5-11)21-8(23)9(24)22-7-15(19,20)10(25)13(22)1-2-14(17,18)6-13/h10,25H,1-7H2,(H,21,23)/t10-,11?,12?,13-/m0/s1. The molecule has 1 spiro atoms. The van der Waals surface area contributed by atoms with Crippen LogP contribution in [0.1, 0.15) is 38.5 Å². The van der Waals surface area contributed by atoms with Gasteiger partial charge in [-0.15, -0.1) is 0 Å². The lowest BCUT2D eigenvalue weighted by Crippen LogP contribution is -2.77. The highest BCUT2D eigenvalue weighted by atomic mass is 19.3. The van der Waals surface area contributed by atoms with Crippen LogP contribution in [0.25, 0.3) is 0 Å². The first-order valence-electron chi connectivity index (χ1n) is 8.09. The second-order valence-corrected chi connectivity index (χ2v) is 8.11. The number of carbonyl (C=O) groups is 2. The predicted molar refractivity (Wildman–Crippen MR) is 72.8 cm³/mol. The lowest BCUT2D eigenvalue weighted by Gasteiger charge is -2.65. The monoisotopic (exact) mass is 368 g/mol. The molecule has 2 bridgehead atoms. The first-order chi connectivity index (χ1) is 11.3. The van der Waals surface area contributed by atoms with Gasteiger partial charge in [0.05, 0.1) is 12.1 Å². The normalized spacial score (nSPS) is 45.8. The van der Waals surface area contributed by atoms with E-state index in [4.69, 9.17) is 0 Å². The Balaban J connectivity index is 1.55. The summed E-state index contributed by atoms with van der Waals surface area (Å²) < 4.78 is 68.7. The molecule has 140 valence electrons. The van der Waals surface area contributed by atoms with E-state index in [-0.39, 0.29) is 19.3 Å². The molecule has 1 heterocycles. The second-order valence-electron chi connectivity index (χ2n) is 8.11. The highest BCUT2D eigenvalue weighted by Gasteiger charge is 2.72. The molecule has 2 amide bonds. The molecule has 4 aliphatic carbocycles. The third kappa shape index (κ3) is 2.22. The maximum Gasteiger partial charge on any atom is 0.312 e. The summed E-state index contributed by atoms with van der Waals surface area (Å²) in [6.45, 7) is -1.30. The van der Waals surface area contributed by atoms with Crippen LogP contribution >= 0.6 is 0 Å². The van der Waals surface area contributed by atoms with Crippen molar-refractivity contribution in [2.45, 2.75) is 73.2 Å². The molecular formula is C15H17F5N2O3. The van der Waals surface area contributed by atoms with E-state index in [1.54, 1.807) is 0 Å². The Kier molecular flexibility index (Phi) is 3.02. The Morgan fingerprint density at radius 2 is 1.60 bits per heavy atom. The van der Waals surface area contributed by atoms with Crippen LogP contribution < -0.4 is 5.32 Å². The lowest BCUT2D eigenvalue weighted by atomic mass is 9.47. The van der Waals surface area contributed by atoms with E-state index in [0.717, 1.165) is 0 Å². The molecule has 10 heteroatoms. The van der Waals surface area contributed by atoms with Crippen LogP contribution in [0.15, 0.2) is 0 Å². The minimum absolute atomic E-state index is 0.0566. The Bertz CT molecular complexity index is 650. The summed E-state index contributed by atoms with van der Waals surface area (Å²) in [6, 6.07) is 0. The van der Waals surface area contributed by atoms with Gasteiger partial charge in [0.2, 0.25) is 0 Å². The van der Waals surface area contributed by atoms with Crippen LogP contribution in [0.3, 0.4) is 0 Å². The molecule has 0 radical (unpaired) electrons. The molecular weight excluding hydrogens is 351 g/mol. The van der Waals surface area contributed by atoms with Crippen molar-refractivity contribution in [3.8, 4) is 0 Å². The number of aliphatic hydroxyl groups is 1. The molecule has 5 fully saturated rings. The molecule has 2 N–H and O–H groups in total. The van der Waals surface area contributed by atoms with Gasteiger partial charge in [-0.3, -0.25) is 9.59 Å². The average Bonchev–Trinajstić information content (AvgIpc) is 2.85. The van der Waals surface area contributed by atoms with Crippen molar-refractivity contribution in [3.63, 3.8) is 0 Å². The van der Waals surface area contributed by atoms with Gasteiger partial charge in [-0.25, -0.2) is 22.0 Å². The van der Waals surface area contributed by atoms with E-state index in [2.05, 4.69) is 5.32 Å². The lowest BCUT2D eigenvalue weighted by molar-refractivity contribution is -0.179. The van der Waals surface area contributed by atoms with E-state index in [9.17, 15) is 36.6 Å². The highest BCUT2D eigenvalue weighted by molar-refractivity contribution is 6.35. The molecule has 1 saturated heterocycles. The Morgan fingerprint density at radius 1 is 1.00 bits per heavy atom. The molecule has 25 heavy (non-hydrogen) atoms. The largest absolute Gasteiger partial charge is 0.384 e. The molecule has 1 aliphatic heterocycles. The number of amides is 2. The third-order valence-electron chi connectivity index (χ3n) is 6.09. The van der Waals surface area contributed by atoms with Gasteiger partial charge in [0.25, 0.3) is 11.8 Å². The highest BCUT2D eigenvalue weighted by Crippen LogP contribution is 2.63. The Labute approximate surface area is 139 Å². The number of nitrogens with zero attached hydrogens (tertiary/aromatic N) is 1. The quantitative estimate of drug-likeness (QED) is 0.539. The third-order valence-corrected chi connectivity index (χ3v) is 6.09. The topological polar surface area (TPSA) is 69.6 Å². The van der Waals surface area contributed by atoms with Crippen molar-refractivity contribution in [1.29, 1.82) is 0 Å². The minimum Gasteiger partial charge on any atom is -0.384 e. The van der Waals surface area contributed by atoms with Crippen LogP contribution in [0.4, 0.5) is 22.0 Å². The van der Waals surface area contributed by atoms with Crippen molar-refractivity contribution in [2.24, 2.45) is 0 Å². The van der Waals surface area contributed by atoms with Gasteiger partial charge < -0.3 is 15.3 Å². The van der Waals surface area contributed by atoms with Gasteiger partial charge in [-0.05, 0) is 6.42 Å². The first kappa shape index (κ1) is 17.0. The number of alkyl halides is 5. The van der Waals surface area contributed by atoms with Gasteiger partial charge in [-0.1, -0.05) is 0 Å². The van der Waals surface area contributed by atoms with Crippen LogP contribution in [-0.4, -0.2) is 63.1 Å². The van der Waals surface area contributed by atoms with Gasteiger partial charge >= 0.3 is 11.8 Å². The summed E-state index contributed by atoms with van der Waals surface area (Å²) in [6.07, 6.45) is -4.68. The maximum atomic E-state index is 14.0. The fourth-order valence-electron chi connectivity index (χ4n) is 4.97. The molecule has 5 nitrogen and oxygen atoms in total. The number of likely N-dealkylation sites (tertiary alicyclic amines) is 1. The molecule has 5 aliphatic rings. The molecule has 0 aromatic carbocycles. The number of hydrogen-bond acceptors (Lipinski definition) is 3. The zero-order chi connectivity index (χ0) is 18.5. The smallest absolute Gasteiger partial charge is 0.312 e. The summed E-state index contributed by atoms with van der Waals surface area (Å²) in [5, 5.41) is 12.3. The molecule has 0 aromatic rings. The molecule has 0 aromatic heterocycles. The number of rotatable bonds is 1. The van der Waals surface area contributed by atoms with Crippen molar-refractivity contribution in [3.05, 3.63) is 0 Å². The predicted octanol–water partition coefficient (Wildman–Crippen LogP) is 1.14. The molecule has 4 saturated carbocycles. The molecule has 0 unspecified atom stereocenters. The number of hydrogen-bond donors (Lipinski definition) is 2. The number of halogens is 5. The molecule has 5 rings (SSSR count). The van der Waals surface area contributed by atoms with Gasteiger partial charge in [-0.2, -0.15) is 0 Å². The summed E-state index contributed by atoms with van der Waals surface area (Å²) >= 11 is 0. The number of nitrogens with one attached hydrogen (secondary N) is 1. The molecule has 2 atom stereocenters. The van der Waals surface area contributed by atoms with Gasteiger partial charge in [0.15, 0.2) is 0 Å². The average molecular weight is 368 g/mol. The van der Waals surface area contributed by atoms with Gasteiger partial charge in [0.1, 0.15) is 11.8 Å². The van der Waals surface area contributed by atoms with E-state index < -0.39 is 72.3 Å². The van der Waals surface area contributed by atoms with E-state index in [1.165, 1.54) is 0 Å². The van der Waals surface area contributed by atoms with Crippen LogP contribution in [0.2, 0.25) is 0 Å². The van der Waals surface area contributed by atoms with Gasteiger partial charge in [0, 0.05) is 37.6 Å². The van der Waals surface area contributed by atoms with Crippen molar-refractivity contribution >= 4 is 11.8 Å². The zero-order valence-electron chi connectivity index (χ0n) is 13.1. The van der Waals surface area contributed by atoms with E-state index >= 15 is 0 Å². The second kappa shape index (κ2) is 4.44. The fourth-order valence-corrected chi connectivity index (χ4v) is 4.97. The first-order valence-corrected chi connectivity index (χ1v) is 8.09. The SMILES string of the molecule is O=C(NC12CC(F)(C1)C2)C(=O)N1CC(F)(F)[C@@H](O)[C@@]12CCC(F)(F)C2.